The second-order valence-electron chi connectivity index (χ2n) is 8.25. The lowest BCUT2D eigenvalue weighted by atomic mass is 10.1. The summed E-state index contributed by atoms with van der Waals surface area (Å²) in [5, 5.41) is 7.82. The lowest BCUT2D eigenvalue weighted by Crippen LogP contribution is -2.13. The van der Waals surface area contributed by atoms with Gasteiger partial charge in [0.1, 0.15) is 23.9 Å². The van der Waals surface area contributed by atoms with E-state index >= 15 is 0 Å². The van der Waals surface area contributed by atoms with Crippen LogP contribution in [0.15, 0.2) is 108 Å². The number of methoxy groups -OCH3 is 1. The Morgan fingerprint density at radius 3 is 2.32 bits per heavy atom. The predicted molar refractivity (Wildman–Crippen MR) is 142 cm³/mol. The van der Waals surface area contributed by atoms with Gasteiger partial charge < -0.3 is 24.5 Å². The van der Waals surface area contributed by atoms with Crippen molar-refractivity contribution in [2.45, 2.75) is 6.61 Å². The highest BCUT2D eigenvalue weighted by molar-refractivity contribution is 6.06. The fourth-order valence-corrected chi connectivity index (χ4v) is 3.83. The minimum atomic E-state index is -0.400. The zero-order valence-electron chi connectivity index (χ0n) is 20.1. The average molecular weight is 493 g/mol. The van der Waals surface area contributed by atoms with E-state index in [-0.39, 0.29) is 18.3 Å². The fraction of sp³-hybridized carbons (Fsp3) is 0.0667. The van der Waals surface area contributed by atoms with Gasteiger partial charge >= 0.3 is 0 Å². The van der Waals surface area contributed by atoms with Gasteiger partial charge in [0.05, 0.1) is 12.8 Å². The molecule has 5 aromatic rings. The Hall–Kier alpha value is -5.04. The third kappa shape index (κ3) is 5.62. The van der Waals surface area contributed by atoms with Crippen LogP contribution in [0, 0.1) is 0 Å². The summed E-state index contributed by atoms with van der Waals surface area (Å²) in [6, 6.07) is 31.0. The van der Waals surface area contributed by atoms with Crippen molar-refractivity contribution in [2.75, 3.05) is 17.7 Å². The number of benzene rings is 4. The minimum absolute atomic E-state index is 0.162. The number of furan rings is 1. The smallest absolute Gasteiger partial charge is 0.291 e. The van der Waals surface area contributed by atoms with Crippen LogP contribution >= 0.6 is 0 Å². The molecule has 0 saturated carbocycles. The molecule has 0 unspecified atom stereocenters. The van der Waals surface area contributed by atoms with Crippen LogP contribution in [0.4, 0.5) is 11.4 Å². The van der Waals surface area contributed by atoms with Crippen molar-refractivity contribution >= 4 is 34.0 Å². The Kier molecular flexibility index (Phi) is 6.85. The molecule has 0 aliphatic carbocycles. The fourth-order valence-electron chi connectivity index (χ4n) is 3.83. The number of para-hydroxylation sites is 2. The van der Waals surface area contributed by atoms with Gasteiger partial charge in [0, 0.05) is 11.3 Å². The Morgan fingerprint density at radius 2 is 1.51 bits per heavy atom. The summed E-state index contributed by atoms with van der Waals surface area (Å²) in [4.78, 5) is 25.2. The molecule has 2 N–H and O–H groups in total. The summed E-state index contributed by atoms with van der Waals surface area (Å²) in [5.74, 6) is 1.29. The van der Waals surface area contributed by atoms with E-state index in [9.17, 15) is 9.59 Å². The van der Waals surface area contributed by atoms with Crippen molar-refractivity contribution in [1.29, 1.82) is 0 Å². The Balaban J connectivity index is 1.17. The van der Waals surface area contributed by atoms with E-state index in [0.29, 0.717) is 28.4 Å². The van der Waals surface area contributed by atoms with E-state index in [0.717, 1.165) is 16.5 Å². The molecule has 184 valence electrons. The van der Waals surface area contributed by atoms with Crippen molar-refractivity contribution in [3.63, 3.8) is 0 Å². The van der Waals surface area contributed by atoms with Gasteiger partial charge in [0.2, 0.25) is 0 Å². The summed E-state index contributed by atoms with van der Waals surface area (Å²) >= 11 is 0. The van der Waals surface area contributed by atoms with E-state index in [1.165, 1.54) is 0 Å². The standard InChI is InChI=1S/C30H24N2O5/c1-35-27-9-5-4-8-26(27)32-29(33)21-10-13-23(14-11-21)31-30(34)28-17-16-25(37-28)19-36-24-15-12-20-6-2-3-7-22(20)18-24/h2-18H,19H2,1H3,(H,31,34)(H,32,33). The lowest BCUT2D eigenvalue weighted by Gasteiger charge is -2.10. The number of carbonyl (C=O) groups is 2. The molecule has 0 aliphatic heterocycles. The maximum atomic E-state index is 12.6. The van der Waals surface area contributed by atoms with Crippen LogP contribution in [0.5, 0.6) is 11.5 Å². The molecule has 7 heteroatoms. The van der Waals surface area contributed by atoms with E-state index in [1.54, 1.807) is 55.6 Å². The molecular formula is C30H24N2O5. The quantitative estimate of drug-likeness (QED) is 0.257. The third-order valence-electron chi connectivity index (χ3n) is 5.75. The Morgan fingerprint density at radius 1 is 0.757 bits per heavy atom. The summed E-state index contributed by atoms with van der Waals surface area (Å²) < 4.78 is 16.8. The van der Waals surface area contributed by atoms with Crippen LogP contribution in [0.1, 0.15) is 26.7 Å². The van der Waals surface area contributed by atoms with Crippen LogP contribution in [0.25, 0.3) is 10.8 Å². The van der Waals surface area contributed by atoms with Gasteiger partial charge in [0.15, 0.2) is 5.76 Å². The predicted octanol–water partition coefficient (Wildman–Crippen LogP) is 6.53. The highest BCUT2D eigenvalue weighted by atomic mass is 16.5. The number of fused-ring (bicyclic) bond motifs is 1. The zero-order chi connectivity index (χ0) is 25.6. The first kappa shape index (κ1) is 23.7. The van der Waals surface area contributed by atoms with Crippen molar-refractivity contribution in [3.05, 3.63) is 120 Å². The molecule has 1 aromatic heterocycles. The van der Waals surface area contributed by atoms with Gasteiger partial charge in [-0.2, -0.15) is 0 Å². The molecule has 0 atom stereocenters. The Labute approximate surface area is 213 Å². The second kappa shape index (κ2) is 10.7. The van der Waals surface area contributed by atoms with Crippen LogP contribution < -0.4 is 20.1 Å². The summed E-state index contributed by atoms with van der Waals surface area (Å²) in [6.07, 6.45) is 0. The van der Waals surface area contributed by atoms with Crippen molar-refractivity contribution in [2.24, 2.45) is 0 Å². The van der Waals surface area contributed by atoms with Crippen LogP contribution in [-0.4, -0.2) is 18.9 Å². The molecule has 5 rings (SSSR count). The van der Waals surface area contributed by atoms with Crippen LogP contribution in [-0.2, 0) is 6.61 Å². The maximum absolute atomic E-state index is 12.6. The molecule has 2 amide bonds. The van der Waals surface area contributed by atoms with Gasteiger partial charge in [-0.15, -0.1) is 0 Å². The first-order valence-corrected chi connectivity index (χ1v) is 11.7. The van der Waals surface area contributed by atoms with E-state index in [4.69, 9.17) is 13.9 Å². The normalized spacial score (nSPS) is 10.6. The van der Waals surface area contributed by atoms with Crippen LogP contribution in [0.3, 0.4) is 0 Å². The number of carbonyl (C=O) groups excluding carboxylic acids is 2. The van der Waals surface area contributed by atoms with Crippen LogP contribution in [0.2, 0.25) is 0 Å². The van der Waals surface area contributed by atoms with Gasteiger partial charge in [-0.25, -0.2) is 0 Å². The largest absolute Gasteiger partial charge is 0.495 e. The summed E-state index contributed by atoms with van der Waals surface area (Å²) in [5.41, 5.74) is 1.55. The van der Waals surface area contributed by atoms with E-state index < -0.39 is 5.91 Å². The number of amides is 2. The third-order valence-corrected chi connectivity index (χ3v) is 5.75. The zero-order valence-corrected chi connectivity index (χ0v) is 20.1. The van der Waals surface area contributed by atoms with Gasteiger partial charge in [-0.3, -0.25) is 9.59 Å². The second-order valence-corrected chi connectivity index (χ2v) is 8.25. The summed E-state index contributed by atoms with van der Waals surface area (Å²) in [7, 11) is 1.54. The Bertz CT molecular complexity index is 1560. The molecule has 4 aromatic carbocycles. The highest BCUT2D eigenvalue weighted by Gasteiger charge is 2.14. The van der Waals surface area contributed by atoms with Gasteiger partial charge in [-0.1, -0.05) is 42.5 Å². The molecule has 0 aliphatic rings. The summed E-state index contributed by atoms with van der Waals surface area (Å²) in [6.45, 7) is 0.196. The minimum Gasteiger partial charge on any atom is -0.495 e. The molecule has 0 spiro atoms. The molecule has 1 heterocycles. The first-order chi connectivity index (χ1) is 18.1. The van der Waals surface area contributed by atoms with E-state index in [1.807, 2.05) is 54.6 Å². The maximum Gasteiger partial charge on any atom is 0.291 e. The van der Waals surface area contributed by atoms with Crippen molar-refractivity contribution in [1.82, 2.24) is 0 Å². The van der Waals surface area contributed by atoms with Crippen molar-refractivity contribution in [3.8, 4) is 11.5 Å². The molecule has 7 nitrogen and oxygen atoms in total. The van der Waals surface area contributed by atoms with E-state index in [2.05, 4.69) is 10.6 Å². The topological polar surface area (TPSA) is 89.8 Å². The first-order valence-electron chi connectivity index (χ1n) is 11.7. The molecular weight excluding hydrogens is 468 g/mol. The highest BCUT2D eigenvalue weighted by Crippen LogP contribution is 2.24. The molecule has 0 saturated heterocycles. The molecule has 37 heavy (non-hydrogen) atoms. The monoisotopic (exact) mass is 492 g/mol. The van der Waals surface area contributed by atoms with Crippen molar-refractivity contribution < 1.29 is 23.5 Å². The number of ether oxygens (including phenoxy) is 2. The molecule has 0 bridgehead atoms. The SMILES string of the molecule is COc1ccccc1NC(=O)c1ccc(NC(=O)c2ccc(COc3ccc4ccccc4c3)o2)cc1. The number of hydrogen-bond acceptors (Lipinski definition) is 5. The lowest BCUT2D eigenvalue weighted by molar-refractivity contribution is 0.0991. The van der Waals surface area contributed by atoms with Gasteiger partial charge in [0.25, 0.3) is 11.8 Å². The number of hydrogen-bond donors (Lipinski definition) is 2. The molecule has 0 radical (unpaired) electrons. The number of rotatable bonds is 8. The number of anilines is 2. The molecule has 0 fully saturated rings. The van der Waals surface area contributed by atoms with Gasteiger partial charge in [-0.05, 0) is 71.4 Å². The number of nitrogens with one attached hydrogen (secondary N) is 2. The average Bonchev–Trinajstić information content (AvgIpc) is 3.42.